The highest BCUT2D eigenvalue weighted by atomic mass is 32.1. The van der Waals surface area contributed by atoms with E-state index in [4.69, 9.17) is 9.47 Å². The summed E-state index contributed by atoms with van der Waals surface area (Å²) in [6.45, 7) is 11.0. The molecular formula is C17H28N2O2S. The first-order chi connectivity index (χ1) is 10.6. The number of hydrogen-bond donors (Lipinski definition) is 0. The maximum atomic E-state index is 6.29. The van der Waals surface area contributed by atoms with Crippen molar-refractivity contribution in [3.8, 4) is 0 Å². The van der Waals surface area contributed by atoms with Gasteiger partial charge in [-0.25, -0.2) is 4.98 Å². The van der Waals surface area contributed by atoms with E-state index in [2.05, 4.69) is 29.1 Å². The molecule has 1 aliphatic carbocycles. The SMILES string of the molecule is Cc1nc(COC[C@H]2CCC[C@@]23CN(C(C)C)CCO3)cs1. The standard InChI is InChI=1S/C17H28N2O2S/c1-13(2)19-7-8-21-17(12-19)6-4-5-15(17)9-20-10-16-11-22-14(3)18-16/h11,13,15H,4-10,12H2,1-3H3/t15-,17-/m1/s1. The highest BCUT2D eigenvalue weighted by Gasteiger charge is 2.47. The second-order valence-electron chi connectivity index (χ2n) is 6.94. The number of morpholine rings is 1. The summed E-state index contributed by atoms with van der Waals surface area (Å²) in [5.74, 6) is 0.522. The van der Waals surface area contributed by atoms with Crippen LogP contribution in [0, 0.1) is 12.8 Å². The molecule has 2 heterocycles. The van der Waals surface area contributed by atoms with Gasteiger partial charge in [0.15, 0.2) is 0 Å². The van der Waals surface area contributed by atoms with Crippen molar-refractivity contribution in [1.29, 1.82) is 0 Å². The second kappa shape index (κ2) is 6.95. The van der Waals surface area contributed by atoms with Crippen LogP contribution in [0.5, 0.6) is 0 Å². The van der Waals surface area contributed by atoms with Gasteiger partial charge in [0.05, 0.1) is 36.1 Å². The topological polar surface area (TPSA) is 34.6 Å². The first-order valence-corrected chi connectivity index (χ1v) is 9.34. The van der Waals surface area contributed by atoms with Crippen molar-refractivity contribution in [3.63, 3.8) is 0 Å². The first-order valence-electron chi connectivity index (χ1n) is 8.46. The summed E-state index contributed by atoms with van der Waals surface area (Å²) < 4.78 is 12.3. The molecule has 0 N–H and O–H groups in total. The van der Waals surface area contributed by atoms with E-state index >= 15 is 0 Å². The van der Waals surface area contributed by atoms with Crippen molar-refractivity contribution >= 4 is 11.3 Å². The summed E-state index contributed by atoms with van der Waals surface area (Å²) in [5.41, 5.74) is 1.09. The Bertz CT molecular complexity index is 491. The second-order valence-corrected chi connectivity index (χ2v) is 8.00. The highest BCUT2D eigenvalue weighted by molar-refractivity contribution is 7.09. The molecule has 5 heteroatoms. The van der Waals surface area contributed by atoms with Crippen molar-refractivity contribution in [2.75, 3.05) is 26.3 Å². The Kier molecular flexibility index (Phi) is 5.17. The lowest BCUT2D eigenvalue weighted by Crippen LogP contribution is -2.56. The van der Waals surface area contributed by atoms with Crippen molar-refractivity contribution < 1.29 is 9.47 Å². The predicted octanol–water partition coefficient (Wildman–Crippen LogP) is 3.25. The molecule has 1 saturated heterocycles. The van der Waals surface area contributed by atoms with Gasteiger partial charge >= 0.3 is 0 Å². The zero-order chi connectivity index (χ0) is 15.6. The Balaban J connectivity index is 1.55. The molecule has 3 rings (SSSR count). The highest BCUT2D eigenvalue weighted by Crippen LogP contribution is 2.41. The van der Waals surface area contributed by atoms with E-state index in [1.54, 1.807) is 11.3 Å². The molecule has 0 amide bonds. The number of rotatable bonds is 5. The molecule has 22 heavy (non-hydrogen) atoms. The fraction of sp³-hybridized carbons (Fsp3) is 0.824. The van der Waals surface area contributed by atoms with Crippen LogP contribution in [0.3, 0.4) is 0 Å². The quantitative estimate of drug-likeness (QED) is 0.833. The molecule has 2 aliphatic rings. The summed E-state index contributed by atoms with van der Waals surface area (Å²) >= 11 is 1.69. The lowest BCUT2D eigenvalue weighted by molar-refractivity contribution is -0.147. The van der Waals surface area contributed by atoms with Crippen LogP contribution in [-0.2, 0) is 16.1 Å². The summed E-state index contributed by atoms with van der Waals surface area (Å²) in [6, 6.07) is 0.598. The molecule has 0 radical (unpaired) electrons. The summed E-state index contributed by atoms with van der Waals surface area (Å²) in [5, 5.41) is 3.20. The van der Waals surface area contributed by atoms with Crippen LogP contribution in [0.4, 0.5) is 0 Å². The molecule has 1 spiro atoms. The average molecular weight is 324 g/mol. The molecule has 2 atom stereocenters. The molecule has 0 bridgehead atoms. The smallest absolute Gasteiger partial charge is 0.0898 e. The van der Waals surface area contributed by atoms with E-state index in [0.29, 0.717) is 18.6 Å². The van der Waals surface area contributed by atoms with Crippen LogP contribution >= 0.6 is 11.3 Å². The zero-order valence-corrected chi connectivity index (χ0v) is 14.8. The first kappa shape index (κ1) is 16.4. The van der Waals surface area contributed by atoms with Gasteiger partial charge in [0.1, 0.15) is 0 Å². The van der Waals surface area contributed by atoms with Gasteiger partial charge in [-0.1, -0.05) is 6.42 Å². The van der Waals surface area contributed by atoms with Gasteiger partial charge in [0.2, 0.25) is 0 Å². The summed E-state index contributed by atoms with van der Waals surface area (Å²) in [4.78, 5) is 7.03. The van der Waals surface area contributed by atoms with Gasteiger partial charge in [-0.2, -0.15) is 0 Å². The summed E-state index contributed by atoms with van der Waals surface area (Å²) in [7, 11) is 0. The van der Waals surface area contributed by atoms with Gasteiger partial charge in [-0.15, -0.1) is 11.3 Å². The average Bonchev–Trinajstić information content (AvgIpc) is 3.07. The van der Waals surface area contributed by atoms with Crippen LogP contribution in [0.2, 0.25) is 0 Å². The van der Waals surface area contributed by atoms with E-state index in [0.717, 1.165) is 37.0 Å². The molecule has 1 saturated carbocycles. The van der Waals surface area contributed by atoms with Crippen LogP contribution in [0.1, 0.15) is 43.8 Å². The maximum Gasteiger partial charge on any atom is 0.0898 e. The fourth-order valence-corrected chi connectivity index (χ4v) is 4.40. The van der Waals surface area contributed by atoms with Crippen molar-refractivity contribution in [3.05, 3.63) is 16.1 Å². The number of thiazole rings is 1. The Hall–Kier alpha value is -0.490. The predicted molar refractivity (Wildman–Crippen MR) is 89.2 cm³/mol. The van der Waals surface area contributed by atoms with Crippen molar-refractivity contribution in [2.45, 2.75) is 58.3 Å². The Morgan fingerprint density at radius 2 is 2.41 bits per heavy atom. The number of hydrogen-bond acceptors (Lipinski definition) is 5. The lowest BCUT2D eigenvalue weighted by Gasteiger charge is -2.45. The van der Waals surface area contributed by atoms with Gasteiger partial charge in [-0.3, -0.25) is 4.90 Å². The fourth-order valence-electron chi connectivity index (χ4n) is 3.80. The van der Waals surface area contributed by atoms with Crippen LogP contribution in [-0.4, -0.2) is 47.8 Å². The van der Waals surface area contributed by atoms with Crippen molar-refractivity contribution in [2.24, 2.45) is 5.92 Å². The zero-order valence-electron chi connectivity index (χ0n) is 14.0. The third kappa shape index (κ3) is 3.53. The minimum absolute atomic E-state index is 0.0283. The number of aromatic nitrogens is 1. The Labute approximate surface area is 137 Å². The molecule has 1 aromatic heterocycles. The molecule has 124 valence electrons. The summed E-state index contributed by atoms with van der Waals surface area (Å²) in [6.07, 6.45) is 3.66. The monoisotopic (exact) mass is 324 g/mol. The molecular weight excluding hydrogens is 296 g/mol. The van der Waals surface area contributed by atoms with Gasteiger partial charge < -0.3 is 9.47 Å². The molecule has 1 aliphatic heterocycles. The molecule has 1 aromatic rings. The van der Waals surface area contributed by atoms with Crippen LogP contribution < -0.4 is 0 Å². The number of aryl methyl sites for hydroxylation is 1. The lowest BCUT2D eigenvalue weighted by atomic mass is 9.89. The van der Waals surface area contributed by atoms with Crippen molar-refractivity contribution in [1.82, 2.24) is 9.88 Å². The largest absolute Gasteiger partial charge is 0.375 e. The van der Waals surface area contributed by atoms with E-state index in [9.17, 15) is 0 Å². The molecule has 4 nitrogen and oxygen atoms in total. The van der Waals surface area contributed by atoms with Crippen LogP contribution in [0.15, 0.2) is 5.38 Å². The normalized spacial score (nSPS) is 29.7. The number of nitrogens with zero attached hydrogens (tertiary/aromatic N) is 2. The number of ether oxygens (including phenoxy) is 2. The van der Waals surface area contributed by atoms with E-state index in [-0.39, 0.29) is 5.60 Å². The minimum atomic E-state index is 0.0283. The van der Waals surface area contributed by atoms with E-state index in [1.807, 2.05) is 6.92 Å². The van der Waals surface area contributed by atoms with Gasteiger partial charge in [-0.05, 0) is 33.6 Å². The van der Waals surface area contributed by atoms with Gasteiger partial charge in [0, 0.05) is 30.4 Å². The van der Waals surface area contributed by atoms with E-state index in [1.165, 1.54) is 19.3 Å². The Morgan fingerprint density at radius 3 is 3.14 bits per heavy atom. The molecule has 2 fully saturated rings. The third-order valence-corrected chi connectivity index (χ3v) is 5.92. The maximum absolute atomic E-state index is 6.29. The molecule has 0 aromatic carbocycles. The van der Waals surface area contributed by atoms with Crippen LogP contribution in [0.25, 0.3) is 0 Å². The minimum Gasteiger partial charge on any atom is -0.375 e. The van der Waals surface area contributed by atoms with E-state index < -0.39 is 0 Å². The molecule has 0 unspecified atom stereocenters. The third-order valence-electron chi connectivity index (χ3n) is 5.10. The Morgan fingerprint density at radius 1 is 1.55 bits per heavy atom. The van der Waals surface area contributed by atoms with Gasteiger partial charge in [0.25, 0.3) is 0 Å².